The number of carbonyl (C=O) groups excluding carboxylic acids is 1. The van der Waals surface area contributed by atoms with Crippen molar-refractivity contribution in [3.63, 3.8) is 0 Å². The Hall–Kier alpha value is -3.52. The van der Waals surface area contributed by atoms with Gasteiger partial charge in [-0.25, -0.2) is 17.8 Å². The topological polar surface area (TPSA) is 91.9 Å². The van der Waals surface area contributed by atoms with E-state index in [2.05, 4.69) is 15.3 Å². The van der Waals surface area contributed by atoms with Crippen LogP contribution in [0.4, 0.5) is 10.1 Å². The number of aromatic amines is 1. The summed E-state index contributed by atoms with van der Waals surface area (Å²) in [7, 11) is -3.67. The number of halogens is 1. The summed E-state index contributed by atoms with van der Waals surface area (Å²) in [6, 6.07) is 19.3. The van der Waals surface area contributed by atoms with Crippen LogP contribution < -0.4 is 5.32 Å². The maximum absolute atomic E-state index is 13.0. The number of hydrogen-bond acceptors (Lipinski definition) is 4. The van der Waals surface area contributed by atoms with Gasteiger partial charge in [0, 0.05) is 17.7 Å². The Bertz CT molecular complexity index is 1280. The first-order chi connectivity index (χ1) is 14.4. The number of benzene rings is 3. The van der Waals surface area contributed by atoms with Crippen LogP contribution in [0.5, 0.6) is 0 Å². The molecule has 8 heteroatoms. The SMILES string of the molecule is O=C(CCS(=O)(=O)c1ccc(F)cc1)Nc1cccc(-c2nc3ccccc3[nH]2)c1. The molecule has 0 saturated heterocycles. The summed E-state index contributed by atoms with van der Waals surface area (Å²) in [4.78, 5) is 20.0. The second kappa shape index (κ2) is 8.08. The molecular weight excluding hydrogens is 405 g/mol. The van der Waals surface area contributed by atoms with Gasteiger partial charge in [-0.05, 0) is 48.5 Å². The maximum Gasteiger partial charge on any atom is 0.225 e. The van der Waals surface area contributed by atoms with Gasteiger partial charge >= 0.3 is 0 Å². The number of H-pyrrole nitrogens is 1. The normalized spacial score (nSPS) is 11.5. The number of fused-ring (bicyclic) bond motifs is 1. The van der Waals surface area contributed by atoms with Crippen LogP contribution in [0.3, 0.4) is 0 Å². The van der Waals surface area contributed by atoms with Crippen LogP contribution in [0, 0.1) is 5.82 Å². The third kappa shape index (κ3) is 4.38. The van der Waals surface area contributed by atoms with Crippen LogP contribution in [0.2, 0.25) is 0 Å². The Balaban J connectivity index is 1.43. The van der Waals surface area contributed by atoms with Crippen molar-refractivity contribution in [1.29, 1.82) is 0 Å². The van der Waals surface area contributed by atoms with E-state index in [1.807, 2.05) is 30.3 Å². The smallest absolute Gasteiger partial charge is 0.225 e. The summed E-state index contributed by atoms with van der Waals surface area (Å²) in [5.74, 6) is -0.641. The molecule has 1 heterocycles. The van der Waals surface area contributed by atoms with Crippen LogP contribution in [0.15, 0.2) is 77.7 Å². The first kappa shape index (κ1) is 19.8. The molecule has 0 fully saturated rings. The molecule has 0 aliphatic carbocycles. The number of aromatic nitrogens is 2. The number of para-hydroxylation sites is 2. The molecule has 0 unspecified atom stereocenters. The predicted molar refractivity (Wildman–Crippen MR) is 113 cm³/mol. The van der Waals surface area contributed by atoms with Crippen molar-refractivity contribution in [3.05, 3.63) is 78.6 Å². The Morgan fingerprint density at radius 1 is 1.00 bits per heavy atom. The molecule has 2 N–H and O–H groups in total. The first-order valence-corrected chi connectivity index (χ1v) is 10.9. The summed E-state index contributed by atoms with van der Waals surface area (Å²) in [6.07, 6.45) is -0.214. The van der Waals surface area contributed by atoms with Crippen LogP contribution in [0.1, 0.15) is 6.42 Å². The number of sulfone groups is 1. The van der Waals surface area contributed by atoms with Crippen molar-refractivity contribution in [2.24, 2.45) is 0 Å². The van der Waals surface area contributed by atoms with Crippen molar-refractivity contribution >= 4 is 32.5 Å². The average Bonchev–Trinajstić information content (AvgIpc) is 3.17. The lowest BCUT2D eigenvalue weighted by Crippen LogP contribution is -2.17. The highest BCUT2D eigenvalue weighted by molar-refractivity contribution is 7.91. The Morgan fingerprint density at radius 3 is 2.53 bits per heavy atom. The summed E-state index contributed by atoms with van der Waals surface area (Å²) in [6.45, 7) is 0. The highest BCUT2D eigenvalue weighted by atomic mass is 32.2. The number of hydrogen-bond donors (Lipinski definition) is 2. The number of carbonyl (C=O) groups is 1. The Morgan fingerprint density at radius 2 is 1.77 bits per heavy atom. The van der Waals surface area contributed by atoms with Gasteiger partial charge in [-0.2, -0.15) is 0 Å². The predicted octanol–water partition coefficient (Wildman–Crippen LogP) is 4.17. The van der Waals surface area contributed by atoms with Crippen molar-refractivity contribution in [2.45, 2.75) is 11.3 Å². The lowest BCUT2D eigenvalue weighted by atomic mass is 10.2. The zero-order valence-corrected chi connectivity index (χ0v) is 16.6. The van der Waals surface area contributed by atoms with Crippen molar-refractivity contribution < 1.29 is 17.6 Å². The molecule has 1 amide bonds. The van der Waals surface area contributed by atoms with E-state index in [9.17, 15) is 17.6 Å². The third-order valence-corrected chi connectivity index (χ3v) is 6.31. The van der Waals surface area contributed by atoms with Crippen LogP contribution in [-0.4, -0.2) is 30.0 Å². The van der Waals surface area contributed by atoms with Gasteiger partial charge in [0.25, 0.3) is 0 Å². The minimum Gasteiger partial charge on any atom is -0.338 e. The van der Waals surface area contributed by atoms with Crippen LogP contribution in [0.25, 0.3) is 22.4 Å². The lowest BCUT2D eigenvalue weighted by molar-refractivity contribution is -0.115. The van der Waals surface area contributed by atoms with Gasteiger partial charge in [0.05, 0.1) is 21.7 Å². The number of nitrogens with one attached hydrogen (secondary N) is 2. The molecule has 0 aliphatic heterocycles. The summed E-state index contributed by atoms with van der Waals surface area (Å²) < 4.78 is 37.6. The Labute approximate surface area is 172 Å². The quantitative estimate of drug-likeness (QED) is 0.455. The molecule has 0 spiro atoms. The first-order valence-electron chi connectivity index (χ1n) is 9.24. The van der Waals surface area contributed by atoms with Gasteiger partial charge in [-0.15, -0.1) is 0 Å². The minimum absolute atomic E-state index is 0.0106. The van der Waals surface area contributed by atoms with Crippen molar-refractivity contribution in [2.75, 3.05) is 11.1 Å². The maximum atomic E-state index is 13.0. The standard InChI is InChI=1S/C22H18FN3O3S/c23-16-8-10-18(11-9-16)30(28,29)13-12-21(27)24-17-5-3-4-15(14-17)22-25-19-6-1-2-7-20(19)26-22/h1-11,14H,12-13H2,(H,24,27)(H,25,26). The number of amides is 1. The zero-order valence-electron chi connectivity index (χ0n) is 15.8. The van der Waals surface area contributed by atoms with Crippen molar-refractivity contribution in [1.82, 2.24) is 9.97 Å². The molecule has 152 valence electrons. The van der Waals surface area contributed by atoms with Crippen LogP contribution >= 0.6 is 0 Å². The highest BCUT2D eigenvalue weighted by Gasteiger charge is 2.17. The fourth-order valence-electron chi connectivity index (χ4n) is 3.04. The summed E-state index contributed by atoms with van der Waals surface area (Å²) in [5, 5.41) is 2.71. The molecule has 0 radical (unpaired) electrons. The summed E-state index contributed by atoms with van der Waals surface area (Å²) in [5.41, 5.74) is 3.08. The van der Waals surface area contributed by atoms with Crippen molar-refractivity contribution in [3.8, 4) is 11.4 Å². The molecule has 1 aromatic heterocycles. The fraction of sp³-hybridized carbons (Fsp3) is 0.0909. The molecule has 3 aromatic carbocycles. The van der Waals surface area contributed by atoms with Gasteiger partial charge in [0.1, 0.15) is 11.6 Å². The average molecular weight is 423 g/mol. The largest absolute Gasteiger partial charge is 0.338 e. The lowest BCUT2D eigenvalue weighted by Gasteiger charge is -2.07. The zero-order chi connectivity index (χ0) is 21.1. The van der Waals surface area contributed by atoms with Gasteiger partial charge in [-0.1, -0.05) is 24.3 Å². The number of nitrogens with zero attached hydrogens (tertiary/aromatic N) is 1. The van der Waals surface area contributed by atoms with E-state index in [-0.39, 0.29) is 17.1 Å². The fourth-order valence-corrected chi connectivity index (χ4v) is 4.28. The number of anilines is 1. The number of imidazole rings is 1. The molecule has 6 nitrogen and oxygen atoms in total. The molecule has 0 aliphatic rings. The second-order valence-corrected chi connectivity index (χ2v) is 8.86. The van der Waals surface area contributed by atoms with E-state index in [1.165, 1.54) is 12.1 Å². The second-order valence-electron chi connectivity index (χ2n) is 6.75. The number of rotatable bonds is 6. The van der Waals surface area contributed by atoms with E-state index in [1.54, 1.807) is 18.2 Å². The molecule has 4 aromatic rings. The summed E-state index contributed by atoms with van der Waals surface area (Å²) >= 11 is 0. The molecule has 0 atom stereocenters. The van der Waals surface area contributed by atoms with Crippen LogP contribution in [-0.2, 0) is 14.6 Å². The van der Waals surface area contributed by atoms with E-state index in [0.717, 1.165) is 28.7 Å². The van der Waals surface area contributed by atoms with E-state index < -0.39 is 21.6 Å². The third-order valence-electron chi connectivity index (χ3n) is 4.58. The van der Waals surface area contributed by atoms with Gasteiger partial charge < -0.3 is 10.3 Å². The molecule has 0 saturated carbocycles. The molecule has 30 heavy (non-hydrogen) atoms. The van der Waals surface area contributed by atoms with E-state index >= 15 is 0 Å². The van der Waals surface area contributed by atoms with Gasteiger partial charge in [-0.3, -0.25) is 4.79 Å². The van der Waals surface area contributed by atoms with Gasteiger partial charge in [0.15, 0.2) is 9.84 Å². The Kier molecular flexibility index (Phi) is 5.33. The van der Waals surface area contributed by atoms with E-state index in [4.69, 9.17) is 0 Å². The highest BCUT2D eigenvalue weighted by Crippen LogP contribution is 2.23. The monoisotopic (exact) mass is 423 g/mol. The molecule has 0 bridgehead atoms. The molecular formula is C22H18FN3O3S. The molecule has 4 rings (SSSR count). The minimum atomic E-state index is -3.67. The van der Waals surface area contributed by atoms with E-state index in [0.29, 0.717) is 11.5 Å². The van der Waals surface area contributed by atoms with Gasteiger partial charge in [0.2, 0.25) is 5.91 Å².